The zero-order valence-corrected chi connectivity index (χ0v) is 17.1. The standard InChI is InChI=1S/C23H32N2O2/c1-16(2)19-10-8-11-20(17(3)4)23(19)24-14-13-22(26)25-15-18-9-6-7-12-21(18)27-5/h6-12,16-17,24H,13-15H2,1-5H3,(H,25,26). The third kappa shape index (κ3) is 5.75. The lowest BCUT2D eigenvalue weighted by Crippen LogP contribution is -2.25. The van der Waals surface area contributed by atoms with E-state index in [0.29, 0.717) is 31.3 Å². The van der Waals surface area contributed by atoms with Crippen LogP contribution in [0.1, 0.15) is 62.6 Å². The molecule has 1 amide bonds. The van der Waals surface area contributed by atoms with Crippen molar-refractivity contribution < 1.29 is 9.53 Å². The number of carbonyl (C=O) groups is 1. The molecule has 0 aliphatic carbocycles. The van der Waals surface area contributed by atoms with E-state index in [1.54, 1.807) is 7.11 Å². The van der Waals surface area contributed by atoms with Gasteiger partial charge in [0.1, 0.15) is 5.75 Å². The molecule has 2 aromatic rings. The van der Waals surface area contributed by atoms with Crippen molar-refractivity contribution in [1.82, 2.24) is 5.32 Å². The highest BCUT2D eigenvalue weighted by atomic mass is 16.5. The zero-order chi connectivity index (χ0) is 19.8. The summed E-state index contributed by atoms with van der Waals surface area (Å²) in [5, 5.41) is 6.49. The summed E-state index contributed by atoms with van der Waals surface area (Å²) in [6.45, 7) is 9.88. The van der Waals surface area contributed by atoms with Crippen molar-refractivity contribution in [3.05, 3.63) is 59.2 Å². The summed E-state index contributed by atoms with van der Waals surface area (Å²) < 4.78 is 5.32. The SMILES string of the molecule is COc1ccccc1CNC(=O)CCNc1c(C(C)C)cccc1C(C)C. The summed E-state index contributed by atoms with van der Waals surface area (Å²) in [6.07, 6.45) is 0.430. The van der Waals surface area contributed by atoms with Crippen LogP contribution >= 0.6 is 0 Å². The highest BCUT2D eigenvalue weighted by Crippen LogP contribution is 2.32. The highest BCUT2D eigenvalue weighted by Gasteiger charge is 2.13. The van der Waals surface area contributed by atoms with Gasteiger partial charge in [0.15, 0.2) is 0 Å². The Morgan fingerprint density at radius 2 is 1.59 bits per heavy atom. The van der Waals surface area contributed by atoms with Crippen molar-refractivity contribution in [2.45, 2.75) is 52.5 Å². The van der Waals surface area contributed by atoms with Crippen molar-refractivity contribution in [3.8, 4) is 5.75 Å². The largest absolute Gasteiger partial charge is 0.496 e. The van der Waals surface area contributed by atoms with E-state index in [1.165, 1.54) is 16.8 Å². The molecule has 0 fully saturated rings. The zero-order valence-electron chi connectivity index (χ0n) is 17.1. The van der Waals surface area contributed by atoms with Crippen LogP contribution in [-0.2, 0) is 11.3 Å². The molecule has 2 rings (SSSR count). The normalized spacial score (nSPS) is 10.9. The molecule has 0 aliphatic heterocycles. The minimum Gasteiger partial charge on any atom is -0.496 e. The lowest BCUT2D eigenvalue weighted by molar-refractivity contribution is -0.121. The summed E-state index contributed by atoms with van der Waals surface area (Å²) in [4.78, 5) is 12.3. The first-order valence-electron chi connectivity index (χ1n) is 9.69. The summed E-state index contributed by atoms with van der Waals surface area (Å²) in [6, 6.07) is 14.2. The van der Waals surface area contributed by atoms with Crippen molar-refractivity contribution >= 4 is 11.6 Å². The molecule has 0 bridgehead atoms. The summed E-state index contributed by atoms with van der Waals surface area (Å²) in [5.74, 6) is 1.70. The molecule has 0 atom stereocenters. The second-order valence-electron chi connectivity index (χ2n) is 7.39. The third-order valence-corrected chi connectivity index (χ3v) is 4.70. The van der Waals surface area contributed by atoms with Crippen LogP contribution in [0.2, 0.25) is 0 Å². The fourth-order valence-corrected chi connectivity index (χ4v) is 3.19. The van der Waals surface area contributed by atoms with E-state index in [0.717, 1.165) is 11.3 Å². The molecule has 146 valence electrons. The first kappa shape index (κ1) is 20.8. The monoisotopic (exact) mass is 368 g/mol. The Hall–Kier alpha value is -2.49. The number of amides is 1. The Bertz CT molecular complexity index is 728. The Morgan fingerprint density at radius 3 is 2.19 bits per heavy atom. The number of methoxy groups -OCH3 is 1. The number of para-hydroxylation sites is 2. The van der Waals surface area contributed by atoms with E-state index >= 15 is 0 Å². The molecule has 0 spiro atoms. The lowest BCUT2D eigenvalue weighted by atomic mass is 9.92. The number of rotatable bonds is 9. The van der Waals surface area contributed by atoms with Crippen LogP contribution < -0.4 is 15.4 Å². The minimum atomic E-state index is 0.0292. The van der Waals surface area contributed by atoms with Crippen molar-refractivity contribution in [3.63, 3.8) is 0 Å². The average molecular weight is 369 g/mol. The number of carbonyl (C=O) groups excluding carboxylic acids is 1. The molecule has 0 unspecified atom stereocenters. The average Bonchev–Trinajstić information content (AvgIpc) is 2.66. The van der Waals surface area contributed by atoms with Crippen LogP contribution in [0.3, 0.4) is 0 Å². The maximum Gasteiger partial charge on any atom is 0.222 e. The predicted molar refractivity (Wildman–Crippen MR) is 113 cm³/mol. The Kier molecular flexibility index (Phi) is 7.71. The van der Waals surface area contributed by atoms with Crippen LogP contribution in [0.4, 0.5) is 5.69 Å². The van der Waals surface area contributed by atoms with E-state index in [1.807, 2.05) is 24.3 Å². The van der Waals surface area contributed by atoms with Gasteiger partial charge in [0.25, 0.3) is 0 Å². The number of anilines is 1. The molecule has 0 saturated heterocycles. The molecule has 2 N–H and O–H groups in total. The van der Waals surface area contributed by atoms with Gasteiger partial charge in [0.05, 0.1) is 7.11 Å². The number of benzene rings is 2. The number of ether oxygens (including phenoxy) is 1. The fraction of sp³-hybridized carbons (Fsp3) is 0.435. The molecule has 0 saturated carbocycles. The number of nitrogens with one attached hydrogen (secondary N) is 2. The van der Waals surface area contributed by atoms with Gasteiger partial charge in [-0.05, 0) is 29.0 Å². The van der Waals surface area contributed by atoms with Crippen molar-refractivity contribution in [2.75, 3.05) is 19.0 Å². The molecular formula is C23H32N2O2. The maximum atomic E-state index is 12.3. The smallest absolute Gasteiger partial charge is 0.222 e. The molecule has 4 nitrogen and oxygen atoms in total. The van der Waals surface area contributed by atoms with Crippen LogP contribution in [0.25, 0.3) is 0 Å². The minimum absolute atomic E-state index is 0.0292. The summed E-state index contributed by atoms with van der Waals surface area (Å²) in [7, 11) is 1.64. The van der Waals surface area contributed by atoms with Crippen LogP contribution in [0, 0.1) is 0 Å². The molecule has 0 aromatic heterocycles. The Balaban J connectivity index is 1.93. The molecular weight excluding hydrogens is 336 g/mol. The van der Waals surface area contributed by atoms with Gasteiger partial charge < -0.3 is 15.4 Å². The highest BCUT2D eigenvalue weighted by molar-refractivity contribution is 5.76. The van der Waals surface area contributed by atoms with Crippen LogP contribution in [0.15, 0.2) is 42.5 Å². The second kappa shape index (κ2) is 10.0. The molecule has 0 radical (unpaired) electrons. The molecule has 0 heterocycles. The van der Waals surface area contributed by atoms with E-state index in [9.17, 15) is 4.79 Å². The molecule has 2 aromatic carbocycles. The van der Waals surface area contributed by atoms with E-state index < -0.39 is 0 Å². The topological polar surface area (TPSA) is 50.4 Å². The number of hydrogen-bond donors (Lipinski definition) is 2. The molecule has 27 heavy (non-hydrogen) atoms. The van der Waals surface area contributed by atoms with Gasteiger partial charge in [-0.1, -0.05) is 64.1 Å². The number of hydrogen-bond acceptors (Lipinski definition) is 3. The van der Waals surface area contributed by atoms with Gasteiger partial charge in [-0.15, -0.1) is 0 Å². The van der Waals surface area contributed by atoms with Gasteiger partial charge in [0, 0.05) is 30.8 Å². The second-order valence-corrected chi connectivity index (χ2v) is 7.39. The summed E-state index contributed by atoms with van der Waals surface area (Å²) in [5.41, 5.74) is 4.76. The van der Waals surface area contributed by atoms with Gasteiger partial charge in [0.2, 0.25) is 5.91 Å². The van der Waals surface area contributed by atoms with Gasteiger partial charge in [-0.2, -0.15) is 0 Å². The van der Waals surface area contributed by atoms with Gasteiger partial charge in [-0.3, -0.25) is 4.79 Å². The first-order valence-corrected chi connectivity index (χ1v) is 9.69. The van der Waals surface area contributed by atoms with Crippen molar-refractivity contribution in [1.29, 1.82) is 0 Å². The third-order valence-electron chi connectivity index (χ3n) is 4.70. The predicted octanol–water partition coefficient (Wildman–Crippen LogP) is 5.06. The Labute approximate surface area is 163 Å². The maximum absolute atomic E-state index is 12.3. The quantitative estimate of drug-likeness (QED) is 0.650. The lowest BCUT2D eigenvalue weighted by Gasteiger charge is -2.21. The van der Waals surface area contributed by atoms with Gasteiger partial charge >= 0.3 is 0 Å². The molecule has 0 aliphatic rings. The molecule has 4 heteroatoms. The van der Waals surface area contributed by atoms with E-state index in [2.05, 4.69) is 56.5 Å². The summed E-state index contributed by atoms with van der Waals surface area (Å²) >= 11 is 0. The van der Waals surface area contributed by atoms with E-state index in [-0.39, 0.29) is 5.91 Å². The Morgan fingerprint density at radius 1 is 0.963 bits per heavy atom. The van der Waals surface area contributed by atoms with Crippen molar-refractivity contribution in [2.24, 2.45) is 0 Å². The fourth-order valence-electron chi connectivity index (χ4n) is 3.19. The van der Waals surface area contributed by atoms with Crippen LogP contribution in [-0.4, -0.2) is 19.6 Å². The first-order chi connectivity index (χ1) is 12.9. The van der Waals surface area contributed by atoms with Crippen LogP contribution in [0.5, 0.6) is 5.75 Å². The van der Waals surface area contributed by atoms with Gasteiger partial charge in [-0.25, -0.2) is 0 Å². The van der Waals surface area contributed by atoms with E-state index in [4.69, 9.17) is 4.74 Å².